The predicted molar refractivity (Wildman–Crippen MR) is 92.4 cm³/mol. The molecular weight excluding hydrogens is 340 g/mol. The molecule has 0 heterocycles. The molecule has 0 unspecified atom stereocenters. The van der Waals surface area contributed by atoms with Crippen molar-refractivity contribution in [3.05, 3.63) is 47.0 Å². The number of benzene rings is 2. The molecule has 1 N–H and O–H groups in total. The first-order valence-corrected chi connectivity index (χ1v) is 7.67. The first-order valence-electron chi connectivity index (χ1n) is 7.67. The lowest BCUT2D eigenvalue weighted by atomic mass is 10.0. The first-order chi connectivity index (χ1) is 12.2. The van der Waals surface area contributed by atoms with E-state index in [0.29, 0.717) is 11.4 Å². The van der Waals surface area contributed by atoms with Gasteiger partial charge in [0.05, 0.1) is 7.11 Å². The number of methoxy groups -OCH3 is 1. The third-order valence-electron chi connectivity index (χ3n) is 3.33. The highest BCUT2D eigenvalue weighted by molar-refractivity contribution is 5.72. The quantitative estimate of drug-likeness (QED) is 0.862. The van der Waals surface area contributed by atoms with Crippen molar-refractivity contribution in [2.24, 2.45) is 0 Å². The smallest absolute Gasteiger partial charge is 0.186 e. The molecule has 7 heteroatoms. The van der Waals surface area contributed by atoms with Crippen LogP contribution in [-0.4, -0.2) is 12.7 Å². The third kappa shape index (κ3) is 3.84. The molecule has 2 aromatic rings. The van der Waals surface area contributed by atoms with E-state index >= 15 is 0 Å². The molecule has 2 rings (SSSR count). The van der Waals surface area contributed by atoms with Gasteiger partial charge in [-0.05, 0) is 45.0 Å². The minimum atomic E-state index is -1.09. The van der Waals surface area contributed by atoms with Gasteiger partial charge in [-0.2, -0.15) is 10.5 Å². The summed E-state index contributed by atoms with van der Waals surface area (Å²) in [5.74, 6) is -2.01. The van der Waals surface area contributed by atoms with Crippen LogP contribution in [0.15, 0.2) is 24.3 Å². The topological polar surface area (TPSA) is 78.1 Å². The van der Waals surface area contributed by atoms with Crippen molar-refractivity contribution in [2.45, 2.75) is 26.4 Å². The van der Waals surface area contributed by atoms with Crippen molar-refractivity contribution < 1.29 is 18.3 Å². The molecule has 0 saturated heterocycles. The molecule has 0 bridgehead atoms. The van der Waals surface area contributed by atoms with E-state index in [4.69, 9.17) is 20.0 Å². The van der Waals surface area contributed by atoms with Gasteiger partial charge in [-0.1, -0.05) is 0 Å². The normalized spacial score (nSPS) is 10.6. The van der Waals surface area contributed by atoms with Gasteiger partial charge in [0.1, 0.15) is 40.3 Å². The van der Waals surface area contributed by atoms with Crippen molar-refractivity contribution in [1.29, 1.82) is 10.5 Å². The third-order valence-corrected chi connectivity index (χ3v) is 3.33. The molecule has 0 aromatic heterocycles. The van der Waals surface area contributed by atoms with Crippen molar-refractivity contribution in [1.82, 2.24) is 0 Å². The van der Waals surface area contributed by atoms with Crippen LogP contribution in [0.5, 0.6) is 11.5 Å². The number of ether oxygens (including phenoxy) is 2. The Bertz CT molecular complexity index is 905. The molecular formula is C19H17F2N3O2. The maximum absolute atomic E-state index is 14.9. The maximum Gasteiger partial charge on any atom is 0.186 e. The average molecular weight is 357 g/mol. The lowest BCUT2D eigenvalue weighted by Gasteiger charge is -2.25. The Morgan fingerprint density at radius 2 is 1.50 bits per heavy atom. The molecule has 0 aliphatic heterocycles. The second kappa shape index (κ2) is 7.28. The van der Waals surface area contributed by atoms with Crippen LogP contribution in [0.3, 0.4) is 0 Å². The molecule has 0 fully saturated rings. The summed E-state index contributed by atoms with van der Waals surface area (Å²) in [7, 11) is 1.51. The Morgan fingerprint density at radius 1 is 0.962 bits per heavy atom. The van der Waals surface area contributed by atoms with Crippen LogP contribution < -0.4 is 14.8 Å². The zero-order valence-electron chi connectivity index (χ0n) is 14.8. The molecule has 0 radical (unpaired) electrons. The minimum Gasteiger partial charge on any atom is -0.497 e. The second-order valence-electron chi connectivity index (χ2n) is 6.37. The number of hydrogen-bond donors (Lipinski definition) is 1. The SMILES string of the molecule is COc1ccc(Nc2c(F)c(C#N)c(C#N)c(F)c2OC(C)(C)C)cc1. The van der Waals surface area contributed by atoms with Gasteiger partial charge in [-0.25, -0.2) is 8.78 Å². The molecule has 2 aromatic carbocycles. The predicted octanol–water partition coefficient (Wildman–Crippen LogP) is 4.64. The van der Waals surface area contributed by atoms with Crippen molar-refractivity contribution in [3.63, 3.8) is 0 Å². The monoisotopic (exact) mass is 357 g/mol. The molecule has 0 amide bonds. The number of halogens is 2. The van der Waals surface area contributed by atoms with Crippen LogP contribution in [0.1, 0.15) is 31.9 Å². The molecule has 0 atom stereocenters. The number of nitriles is 2. The fraction of sp³-hybridized carbons (Fsp3) is 0.263. The van der Waals surface area contributed by atoms with Gasteiger partial charge in [0.15, 0.2) is 17.4 Å². The van der Waals surface area contributed by atoms with Gasteiger partial charge in [0.2, 0.25) is 0 Å². The largest absolute Gasteiger partial charge is 0.497 e. The average Bonchev–Trinajstić information content (AvgIpc) is 2.60. The molecule has 0 aliphatic carbocycles. The number of hydrogen-bond acceptors (Lipinski definition) is 5. The molecule has 134 valence electrons. The van der Waals surface area contributed by atoms with Crippen molar-refractivity contribution in [2.75, 3.05) is 12.4 Å². The van der Waals surface area contributed by atoms with Crippen LogP contribution in [0, 0.1) is 34.3 Å². The summed E-state index contributed by atoms with van der Waals surface area (Å²) >= 11 is 0. The van der Waals surface area contributed by atoms with E-state index in [-0.39, 0.29) is 5.69 Å². The highest BCUT2D eigenvalue weighted by Gasteiger charge is 2.29. The Balaban J connectivity index is 2.66. The molecule has 0 aliphatic rings. The number of nitrogens with one attached hydrogen (secondary N) is 1. The van der Waals surface area contributed by atoms with Gasteiger partial charge in [0, 0.05) is 5.69 Å². The maximum atomic E-state index is 14.9. The minimum absolute atomic E-state index is 0.349. The number of nitrogens with zero attached hydrogens (tertiary/aromatic N) is 2. The van der Waals surface area contributed by atoms with Gasteiger partial charge < -0.3 is 14.8 Å². The summed E-state index contributed by atoms with van der Waals surface area (Å²) < 4.78 is 40.2. The van der Waals surface area contributed by atoms with Crippen LogP contribution in [0.4, 0.5) is 20.2 Å². The second-order valence-corrected chi connectivity index (χ2v) is 6.37. The van der Waals surface area contributed by atoms with Crippen LogP contribution in [0.25, 0.3) is 0 Å². The van der Waals surface area contributed by atoms with Crippen LogP contribution in [-0.2, 0) is 0 Å². The van der Waals surface area contributed by atoms with E-state index in [1.165, 1.54) is 19.2 Å². The van der Waals surface area contributed by atoms with Gasteiger partial charge >= 0.3 is 0 Å². The summed E-state index contributed by atoms with van der Waals surface area (Å²) in [6, 6.07) is 9.53. The lowest BCUT2D eigenvalue weighted by Crippen LogP contribution is -2.25. The summed E-state index contributed by atoms with van der Waals surface area (Å²) in [6.45, 7) is 4.98. The van der Waals surface area contributed by atoms with Gasteiger partial charge in [-0.15, -0.1) is 0 Å². The van der Waals surface area contributed by atoms with E-state index < -0.39 is 34.1 Å². The Labute approximate surface area is 150 Å². The molecule has 5 nitrogen and oxygen atoms in total. The summed E-state index contributed by atoms with van der Waals surface area (Å²) in [4.78, 5) is 0. The fourth-order valence-corrected chi connectivity index (χ4v) is 2.21. The summed E-state index contributed by atoms with van der Waals surface area (Å²) in [6.07, 6.45) is 0. The Morgan fingerprint density at radius 3 is 1.96 bits per heavy atom. The van der Waals surface area contributed by atoms with Crippen LogP contribution >= 0.6 is 0 Å². The lowest BCUT2D eigenvalue weighted by molar-refractivity contribution is 0.125. The zero-order valence-corrected chi connectivity index (χ0v) is 14.8. The van der Waals surface area contributed by atoms with Gasteiger partial charge in [-0.3, -0.25) is 0 Å². The molecule has 26 heavy (non-hydrogen) atoms. The van der Waals surface area contributed by atoms with E-state index in [9.17, 15) is 8.78 Å². The van der Waals surface area contributed by atoms with E-state index in [1.54, 1.807) is 45.0 Å². The van der Waals surface area contributed by atoms with E-state index in [0.717, 1.165) is 0 Å². The Kier molecular flexibility index (Phi) is 5.33. The van der Waals surface area contributed by atoms with Crippen molar-refractivity contribution >= 4 is 11.4 Å². The highest BCUT2D eigenvalue weighted by Crippen LogP contribution is 2.39. The van der Waals surface area contributed by atoms with E-state index in [1.807, 2.05) is 0 Å². The number of rotatable bonds is 4. The summed E-state index contributed by atoms with van der Waals surface area (Å²) in [5.41, 5.74) is -2.15. The molecule has 0 spiro atoms. The van der Waals surface area contributed by atoms with Gasteiger partial charge in [0.25, 0.3) is 0 Å². The number of anilines is 2. The highest BCUT2D eigenvalue weighted by atomic mass is 19.1. The van der Waals surface area contributed by atoms with E-state index in [2.05, 4.69) is 5.32 Å². The fourth-order valence-electron chi connectivity index (χ4n) is 2.21. The zero-order chi connectivity index (χ0) is 19.5. The van der Waals surface area contributed by atoms with Crippen LogP contribution in [0.2, 0.25) is 0 Å². The first kappa shape index (κ1) is 19.0. The van der Waals surface area contributed by atoms with Crippen molar-refractivity contribution in [3.8, 4) is 23.6 Å². The molecule has 0 saturated carbocycles. The Hall–Kier alpha value is -3.32. The standard InChI is InChI=1S/C19H17F2N3O2/c1-19(2,3)26-18-16(21)14(10-23)13(9-22)15(20)17(18)24-11-5-7-12(25-4)8-6-11/h5-8,24H,1-4H3. The summed E-state index contributed by atoms with van der Waals surface area (Å²) in [5, 5.41) is 21.0.